The highest BCUT2D eigenvalue weighted by molar-refractivity contribution is 5.71. The Morgan fingerprint density at radius 3 is 2.53 bits per heavy atom. The molecule has 19 heavy (non-hydrogen) atoms. The lowest BCUT2D eigenvalue weighted by Crippen LogP contribution is -2.33. The Kier molecular flexibility index (Phi) is 5.21. The summed E-state index contributed by atoms with van der Waals surface area (Å²) in [4.78, 5) is 13.2. The van der Waals surface area contributed by atoms with E-state index in [0.29, 0.717) is 6.54 Å². The molecule has 0 aliphatic rings. The minimum absolute atomic E-state index is 0.0933. The molecule has 0 fully saturated rings. The largest absolute Gasteiger partial charge is 0.495 e. The summed E-state index contributed by atoms with van der Waals surface area (Å²) in [6.45, 7) is 6.33. The monoisotopic (exact) mass is 265 g/mol. The number of carbonyl (C=O) groups is 1. The second-order valence-electron chi connectivity index (χ2n) is 5.24. The minimum atomic E-state index is -0.756. The number of carboxylic acid groups (broad SMARTS) is 1. The molecule has 0 aliphatic carbocycles. The number of nitrogens with zero attached hydrogens (tertiary/aromatic N) is 1. The number of aryl methyl sites for hydroxylation is 1. The van der Waals surface area contributed by atoms with Crippen LogP contribution in [0.15, 0.2) is 18.2 Å². The molecule has 0 saturated carbocycles. The predicted molar refractivity (Wildman–Crippen MR) is 77.0 cm³/mol. The normalized spacial score (nSPS) is 12.3. The zero-order chi connectivity index (χ0) is 14.6. The van der Waals surface area contributed by atoms with Gasteiger partial charge in [-0.1, -0.05) is 19.9 Å². The lowest BCUT2D eigenvalue weighted by molar-refractivity contribution is -0.142. The highest BCUT2D eigenvalue weighted by Gasteiger charge is 2.24. The van der Waals surface area contributed by atoms with Crippen LogP contribution in [0.3, 0.4) is 0 Å². The van der Waals surface area contributed by atoms with Gasteiger partial charge in [0.2, 0.25) is 0 Å². The number of ether oxygens (including phenoxy) is 1. The topological polar surface area (TPSA) is 49.8 Å². The maximum absolute atomic E-state index is 11.3. The summed E-state index contributed by atoms with van der Waals surface area (Å²) in [5.41, 5.74) is 2.05. The van der Waals surface area contributed by atoms with Gasteiger partial charge in [-0.15, -0.1) is 0 Å². The molecule has 0 radical (unpaired) electrons. The highest BCUT2D eigenvalue weighted by atomic mass is 16.5. The van der Waals surface area contributed by atoms with Gasteiger partial charge < -0.3 is 14.7 Å². The Morgan fingerprint density at radius 2 is 2.05 bits per heavy atom. The van der Waals surface area contributed by atoms with E-state index in [2.05, 4.69) is 0 Å². The molecule has 1 aromatic carbocycles. The fourth-order valence-corrected chi connectivity index (χ4v) is 2.07. The number of methoxy groups -OCH3 is 1. The van der Waals surface area contributed by atoms with Gasteiger partial charge in [-0.3, -0.25) is 4.79 Å². The number of carboxylic acids is 1. The van der Waals surface area contributed by atoms with Crippen molar-refractivity contribution in [2.75, 3.05) is 25.6 Å². The average molecular weight is 265 g/mol. The van der Waals surface area contributed by atoms with Crippen LogP contribution in [0.25, 0.3) is 0 Å². The van der Waals surface area contributed by atoms with Crippen LogP contribution in [0.5, 0.6) is 5.75 Å². The number of hydrogen-bond donors (Lipinski definition) is 1. The fourth-order valence-electron chi connectivity index (χ4n) is 2.07. The lowest BCUT2D eigenvalue weighted by Gasteiger charge is -2.27. The second kappa shape index (κ2) is 6.45. The van der Waals surface area contributed by atoms with Crippen molar-refractivity contribution in [3.8, 4) is 5.75 Å². The van der Waals surface area contributed by atoms with E-state index in [4.69, 9.17) is 4.74 Å². The van der Waals surface area contributed by atoms with Crippen LogP contribution in [0.4, 0.5) is 5.69 Å². The van der Waals surface area contributed by atoms with E-state index in [9.17, 15) is 9.90 Å². The molecule has 1 aromatic rings. The molecule has 4 heteroatoms. The molecule has 1 rings (SSSR count). The van der Waals surface area contributed by atoms with Gasteiger partial charge in [0.15, 0.2) is 0 Å². The number of anilines is 1. The van der Waals surface area contributed by atoms with Crippen LogP contribution in [-0.2, 0) is 4.79 Å². The number of hydrogen-bond acceptors (Lipinski definition) is 3. The van der Waals surface area contributed by atoms with Gasteiger partial charge in [-0.05, 0) is 30.5 Å². The first kappa shape index (κ1) is 15.3. The summed E-state index contributed by atoms with van der Waals surface area (Å²) in [6, 6.07) is 5.90. The Labute approximate surface area is 115 Å². The average Bonchev–Trinajstić information content (AvgIpc) is 2.34. The molecule has 1 atom stereocenters. The van der Waals surface area contributed by atoms with Crippen molar-refractivity contribution in [3.63, 3.8) is 0 Å². The Bertz CT molecular complexity index is 443. The lowest BCUT2D eigenvalue weighted by atomic mass is 9.95. The van der Waals surface area contributed by atoms with Crippen molar-refractivity contribution in [1.82, 2.24) is 0 Å². The molecule has 0 amide bonds. The molecule has 0 heterocycles. The van der Waals surface area contributed by atoms with Crippen molar-refractivity contribution in [2.24, 2.45) is 11.8 Å². The standard InChI is InChI=1S/C15H23NO3/c1-10(2)12(15(17)18)9-16(4)13-8-11(3)6-7-14(13)19-5/h6-8,10,12H,9H2,1-5H3,(H,17,18). The first-order chi connectivity index (χ1) is 8.86. The SMILES string of the molecule is COc1ccc(C)cc1N(C)CC(C(=O)O)C(C)C. The van der Waals surface area contributed by atoms with E-state index in [1.54, 1.807) is 7.11 Å². The van der Waals surface area contributed by atoms with Crippen LogP contribution in [0.2, 0.25) is 0 Å². The molecule has 106 valence electrons. The van der Waals surface area contributed by atoms with Gasteiger partial charge in [0.05, 0.1) is 18.7 Å². The first-order valence-corrected chi connectivity index (χ1v) is 6.45. The van der Waals surface area contributed by atoms with Crippen LogP contribution >= 0.6 is 0 Å². The molecule has 0 aliphatic heterocycles. The molecule has 1 unspecified atom stereocenters. The van der Waals surface area contributed by atoms with Crippen molar-refractivity contribution in [2.45, 2.75) is 20.8 Å². The predicted octanol–water partition coefficient (Wildman–Crippen LogP) is 2.80. The summed E-state index contributed by atoms with van der Waals surface area (Å²) in [7, 11) is 3.52. The quantitative estimate of drug-likeness (QED) is 0.859. The molecule has 1 N–H and O–H groups in total. The molecule has 0 spiro atoms. The van der Waals surface area contributed by atoms with Gasteiger partial charge in [0.1, 0.15) is 5.75 Å². The summed E-state index contributed by atoms with van der Waals surface area (Å²) in [6.07, 6.45) is 0. The number of rotatable bonds is 6. The van der Waals surface area contributed by atoms with Crippen molar-refractivity contribution in [1.29, 1.82) is 0 Å². The smallest absolute Gasteiger partial charge is 0.308 e. The van der Waals surface area contributed by atoms with Crippen LogP contribution < -0.4 is 9.64 Å². The zero-order valence-corrected chi connectivity index (χ0v) is 12.3. The first-order valence-electron chi connectivity index (χ1n) is 6.45. The maximum Gasteiger partial charge on any atom is 0.308 e. The number of aliphatic carboxylic acids is 1. The molecule has 0 saturated heterocycles. The Balaban J connectivity index is 2.96. The highest BCUT2D eigenvalue weighted by Crippen LogP contribution is 2.29. The molecular formula is C15H23NO3. The van der Waals surface area contributed by atoms with E-state index in [0.717, 1.165) is 17.0 Å². The van der Waals surface area contributed by atoms with Crippen molar-refractivity contribution in [3.05, 3.63) is 23.8 Å². The Hall–Kier alpha value is -1.71. The fraction of sp³-hybridized carbons (Fsp3) is 0.533. The summed E-state index contributed by atoms with van der Waals surface area (Å²) >= 11 is 0. The molecular weight excluding hydrogens is 242 g/mol. The van der Waals surface area contributed by atoms with Crippen LogP contribution in [-0.4, -0.2) is 31.8 Å². The third kappa shape index (κ3) is 3.88. The zero-order valence-electron chi connectivity index (χ0n) is 12.3. The molecule has 4 nitrogen and oxygen atoms in total. The molecule has 0 aromatic heterocycles. The van der Waals surface area contributed by atoms with E-state index in [1.807, 2.05) is 50.9 Å². The van der Waals surface area contributed by atoms with E-state index < -0.39 is 11.9 Å². The van der Waals surface area contributed by atoms with Gasteiger partial charge in [0.25, 0.3) is 0 Å². The third-order valence-electron chi connectivity index (χ3n) is 3.34. The van der Waals surface area contributed by atoms with Gasteiger partial charge in [0, 0.05) is 13.6 Å². The van der Waals surface area contributed by atoms with E-state index >= 15 is 0 Å². The van der Waals surface area contributed by atoms with Crippen molar-refractivity contribution >= 4 is 11.7 Å². The molecule has 0 bridgehead atoms. The summed E-state index contributed by atoms with van der Waals surface area (Å²) < 4.78 is 5.33. The summed E-state index contributed by atoms with van der Waals surface area (Å²) in [5, 5.41) is 9.26. The van der Waals surface area contributed by atoms with Gasteiger partial charge in [-0.2, -0.15) is 0 Å². The minimum Gasteiger partial charge on any atom is -0.495 e. The second-order valence-corrected chi connectivity index (χ2v) is 5.24. The third-order valence-corrected chi connectivity index (χ3v) is 3.34. The maximum atomic E-state index is 11.3. The van der Waals surface area contributed by atoms with Crippen LogP contribution in [0.1, 0.15) is 19.4 Å². The number of benzene rings is 1. The van der Waals surface area contributed by atoms with Crippen molar-refractivity contribution < 1.29 is 14.6 Å². The van der Waals surface area contributed by atoms with Crippen LogP contribution in [0, 0.1) is 18.8 Å². The Morgan fingerprint density at radius 1 is 1.42 bits per heavy atom. The summed E-state index contributed by atoms with van der Waals surface area (Å²) in [5.74, 6) is -0.291. The van der Waals surface area contributed by atoms with E-state index in [1.165, 1.54) is 0 Å². The van der Waals surface area contributed by atoms with Gasteiger partial charge in [-0.25, -0.2) is 0 Å². The van der Waals surface area contributed by atoms with Gasteiger partial charge >= 0.3 is 5.97 Å². The van der Waals surface area contributed by atoms with E-state index in [-0.39, 0.29) is 5.92 Å².